The number of carbonyl (C=O) groups is 1. The molecule has 0 atom stereocenters. The third-order valence-electron chi connectivity index (χ3n) is 2.45. The third kappa shape index (κ3) is 1.55. The van der Waals surface area contributed by atoms with Crippen LogP contribution in [0.15, 0.2) is 36.5 Å². The quantitative estimate of drug-likeness (QED) is 0.657. The molecule has 17 heavy (non-hydrogen) atoms. The normalized spacial score (nSPS) is 10.8. The lowest BCUT2D eigenvalue weighted by atomic mass is 10.3. The number of para-hydroxylation sites is 2. The van der Waals surface area contributed by atoms with Crippen molar-refractivity contribution in [1.82, 2.24) is 19.7 Å². The first-order chi connectivity index (χ1) is 8.24. The van der Waals surface area contributed by atoms with Gasteiger partial charge in [-0.3, -0.25) is 0 Å². The molecule has 0 bridgehead atoms. The number of aromatic nitrogens is 4. The summed E-state index contributed by atoms with van der Waals surface area (Å²) in [6.07, 6.45) is 1.50. The molecule has 3 N–H and O–H groups in total. The molecule has 0 aliphatic carbocycles. The van der Waals surface area contributed by atoms with E-state index < -0.39 is 6.03 Å². The largest absolute Gasteiger partial charge is 0.350 e. The Kier molecular flexibility index (Phi) is 1.94. The van der Waals surface area contributed by atoms with Gasteiger partial charge in [0.15, 0.2) is 5.82 Å². The van der Waals surface area contributed by atoms with Gasteiger partial charge in [0.05, 0.1) is 11.0 Å². The van der Waals surface area contributed by atoms with Crippen molar-refractivity contribution in [1.29, 1.82) is 0 Å². The molecule has 1 amide bonds. The second-order valence-corrected chi connectivity index (χ2v) is 3.59. The van der Waals surface area contributed by atoms with Crippen LogP contribution < -0.4 is 5.73 Å². The number of nitrogens with two attached hydrogens (primary N) is 1. The number of nitrogens with zero attached hydrogens (tertiary/aromatic N) is 3. The van der Waals surface area contributed by atoms with Gasteiger partial charge < -0.3 is 10.7 Å². The number of H-pyrrole nitrogens is 1. The number of amides is 1. The van der Waals surface area contributed by atoms with Gasteiger partial charge >= 0.3 is 6.03 Å². The van der Waals surface area contributed by atoms with E-state index >= 15 is 0 Å². The summed E-state index contributed by atoms with van der Waals surface area (Å²) < 4.78 is 1.07. The number of hydrogen-bond donors (Lipinski definition) is 2. The number of hydrogen-bond acceptors (Lipinski definition) is 3. The van der Waals surface area contributed by atoms with Crippen molar-refractivity contribution in [3.63, 3.8) is 0 Å². The Morgan fingerprint density at radius 2 is 2.12 bits per heavy atom. The van der Waals surface area contributed by atoms with E-state index in [1.807, 2.05) is 24.3 Å². The number of nitrogens with one attached hydrogen (secondary N) is 1. The summed E-state index contributed by atoms with van der Waals surface area (Å²) in [7, 11) is 0. The topological polar surface area (TPSA) is 89.6 Å². The maximum Gasteiger partial charge on any atom is 0.339 e. The van der Waals surface area contributed by atoms with Gasteiger partial charge in [0, 0.05) is 6.20 Å². The molecule has 0 fully saturated rings. The number of benzene rings is 1. The summed E-state index contributed by atoms with van der Waals surface area (Å²) in [4.78, 5) is 18.4. The van der Waals surface area contributed by atoms with Crippen LogP contribution in [0.5, 0.6) is 0 Å². The standard InChI is InChI=1S/C11H9N5O/c12-11(17)16-6-5-9(15-16)10-13-7-3-1-2-4-8(7)14-10/h1-6H,(H2,12,17)(H,13,14). The van der Waals surface area contributed by atoms with Crippen LogP contribution in [0.25, 0.3) is 22.6 Å². The molecule has 0 spiro atoms. The van der Waals surface area contributed by atoms with Crippen LogP contribution in [0.2, 0.25) is 0 Å². The fraction of sp³-hybridized carbons (Fsp3) is 0. The maximum atomic E-state index is 10.9. The summed E-state index contributed by atoms with van der Waals surface area (Å²) in [5, 5.41) is 4.02. The Balaban J connectivity index is 2.10. The summed E-state index contributed by atoms with van der Waals surface area (Å²) >= 11 is 0. The number of fused-ring (bicyclic) bond motifs is 1. The van der Waals surface area contributed by atoms with Gasteiger partial charge in [-0.15, -0.1) is 0 Å². The van der Waals surface area contributed by atoms with Crippen LogP contribution in [0.1, 0.15) is 0 Å². The molecule has 84 valence electrons. The average molecular weight is 227 g/mol. The van der Waals surface area contributed by atoms with Gasteiger partial charge in [-0.05, 0) is 18.2 Å². The van der Waals surface area contributed by atoms with Crippen molar-refractivity contribution in [3.8, 4) is 11.5 Å². The third-order valence-corrected chi connectivity index (χ3v) is 2.45. The van der Waals surface area contributed by atoms with Crippen LogP contribution >= 0.6 is 0 Å². The highest BCUT2D eigenvalue weighted by Gasteiger charge is 2.09. The SMILES string of the molecule is NC(=O)n1ccc(-c2nc3ccccc3[nH]2)n1. The number of aromatic amines is 1. The molecule has 3 rings (SSSR count). The maximum absolute atomic E-state index is 10.9. The van der Waals surface area contributed by atoms with Crippen molar-refractivity contribution in [2.75, 3.05) is 0 Å². The van der Waals surface area contributed by atoms with Gasteiger partial charge in [0.1, 0.15) is 5.69 Å². The highest BCUT2D eigenvalue weighted by Crippen LogP contribution is 2.18. The second kappa shape index (κ2) is 3.44. The van der Waals surface area contributed by atoms with Crippen LogP contribution in [-0.4, -0.2) is 25.8 Å². The highest BCUT2D eigenvalue weighted by molar-refractivity contribution is 5.79. The van der Waals surface area contributed by atoms with E-state index in [1.54, 1.807) is 6.07 Å². The molecular weight excluding hydrogens is 218 g/mol. The smallest absolute Gasteiger partial charge is 0.339 e. The Bertz CT molecular complexity index is 664. The Hall–Kier alpha value is -2.63. The van der Waals surface area contributed by atoms with Crippen LogP contribution in [-0.2, 0) is 0 Å². The van der Waals surface area contributed by atoms with Crippen LogP contribution in [0.4, 0.5) is 4.79 Å². The average Bonchev–Trinajstić information content (AvgIpc) is 2.95. The van der Waals surface area contributed by atoms with E-state index in [1.165, 1.54) is 6.20 Å². The minimum atomic E-state index is -0.618. The molecule has 3 aromatic rings. The molecule has 6 heteroatoms. The van der Waals surface area contributed by atoms with Gasteiger partial charge in [-0.1, -0.05) is 12.1 Å². The Morgan fingerprint density at radius 1 is 1.29 bits per heavy atom. The molecule has 0 saturated heterocycles. The summed E-state index contributed by atoms with van der Waals surface area (Å²) in [6.45, 7) is 0. The first-order valence-corrected chi connectivity index (χ1v) is 5.04. The van der Waals surface area contributed by atoms with Crippen molar-refractivity contribution in [2.24, 2.45) is 5.73 Å². The number of imidazole rings is 1. The molecule has 0 aliphatic heterocycles. The summed E-state index contributed by atoms with van der Waals surface area (Å²) in [6, 6.07) is 8.73. The molecule has 6 nitrogen and oxygen atoms in total. The highest BCUT2D eigenvalue weighted by atomic mass is 16.2. The molecule has 0 aliphatic rings. The minimum absolute atomic E-state index is 0.583. The Labute approximate surface area is 96.1 Å². The monoisotopic (exact) mass is 227 g/mol. The first kappa shape index (κ1) is 9.59. The van der Waals surface area contributed by atoms with Gasteiger partial charge in [-0.2, -0.15) is 9.78 Å². The second-order valence-electron chi connectivity index (χ2n) is 3.59. The fourth-order valence-electron chi connectivity index (χ4n) is 1.65. The molecule has 2 heterocycles. The van der Waals surface area contributed by atoms with Crippen molar-refractivity contribution in [3.05, 3.63) is 36.5 Å². The predicted octanol–water partition coefficient (Wildman–Crippen LogP) is 1.35. The first-order valence-electron chi connectivity index (χ1n) is 5.04. The number of rotatable bonds is 1. The Morgan fingerprint density at radius 3 is 2.82 bits per heavy atom. The van der Waals surface area contributed by atoms with E-state index in [2.05, 4.69) is 15.1 Å². The molecule has 0 radical (unpaired) electrons. The molecule has 0 saturated carbocycles. The zero-order valence-electron chi connectivity index (χ0n) is 8.79. The van der Waals surface area contributed by atoms with E-state index in [0.29, 0.717) is 11.5 Å². The lowest BCUT2D eigenvalue weighted by molar-refractivity contribution is 0.248. The van der Waals surface area contributed by atoms with Crippen molar-refractivity contribution >= 4 is 17.1 Å². The zero-order valence-corrected chi connectivity index (χ0v) is 8.79. The molecular formula is C11H9N5O. The number of carbonyl (C=O) groups excluding carboxylic acids is 1. The molecule has 0 unspecified atom stereocenters. The van der Waals surface area contributed by atoms with Gasteiger partial charge in [-0.25, -0.2) is 9.78 Å². The van der Waals surface area contributed by atoms with Gasteiger partial charge in [0.2, 0.25) is 0 Å². The van der Waals surface area contributed by atoms with E-state index in [4.69, 9.17) is 5.73 Å². The van der Waals surface area contributed by atoms with Crippen LogP contribution in [0.3, 0.4) is 0 Å². The van der Waals surface area contributed by atoms with E-state index in [0.717, 1.165) is 15.7 Å². The minimum Gasteiger partial charge on any atom is -0.350 e. The lowest BCUT2D eigenvalue weighted by Gasteiger charge is -1.90. The summed E-state index contributed by atoms with van der Waals surface area (Å²) in [5.74, 6) is 0.617. The predicted molar refractivity (Wildman–Crippen MR) is 62.3 cm³/mol. The van der Waals surface area contributed by atoms with Crippen molar-refractivity contribution in [2.45, 2.75) is 0 Å². The van der Waals surface area contributed by atoms with E-state index in [9.17, 15) is 4.79 Å². The lowest BCUT2D eigenvalue weighted by Crippen LogP contribution is -2.19. The fourth-order valence-corrected chi connectivity index (χ4v) is 1.65. The zero-order chi connectivity index (χ0) is 11.8. The molecule has 2 aromatic heterocycles. The van der Waals surface area contributed by atoms with E-state index in [-0.39, 0.29) is 0 Å². The van der Waals surface area contributed by atoms with Gasteiger partial charge in [0.25, 0.3) is 0 Å². The van der Waals surface area contributed by atoms with Crippen molar-refractivity contribution < 1.29 is 4.79 Å². The van der Waals surface area contributed by atoms with Crippen LogP contribution in [0, 0.1) is 0 Å². The summed E-state index contributed by atoms with van der Waals surface area (Å²) in [5.41, 5.74) is 7.48. The number of primary amides is 1. The molecule has 1 aromatic carbocycles.